The van der Waals surface area contributed by atoms with Gasteiger partial charge in [-0.05, 0) is 61.4 Å². The van der Waals surface area contributed by atoms with Crippen LogP contribution in [-0.4, -0.2) is 28.9 Å². The molecule has 2 aromatic carbocycles. The predicted molar refractivity (Wildman–Crippen MR) is 115 cm³/mol. The summed E-state index contributed by atoms with van der Waals surface area (Å²) in [6.07, 6.45) is 2.82. The largest absolute Gasteiger partial charge is 0.240 e. The van der Waals surface area contributed by atoms with Crippen LogP contribution in [0.4, 0.5) is 0 Å². The maximum atomic E-state index is 12.7. The van der Waals surface area contributed by atoms with Gasteiger partial charge < -0.3 is 0 Å². The van der Waals surface area contributed by atoms with E-state index in [4.69, 9.17) is 0 Å². The summed E-state index contributed by atoms with van der Waals surface area (Å²) in [5, 5.41) is 0. The molecule has 6 nitrogen and oxygen atoms in total. The van der Waals surface area contributed by atoms with Gasteiger partial charge in [-0.15, -0.1) is 0 Å². The molecule has 0 aromatic heterocycles. The summed E-state index contributed by atoms with van der Waals surface area (Å²) in [5.74, 6) is 0. The van der Waals surface area contributed by atoms with Crippen LogP contribution >= 0.6 is 31.9 Å². The van der Waals surface area contributed by atoms with E-state index in [0.717, 1.165) is 21.8 Å². The Balaban J connectivity index is 1.78. The van der Waals surface area contributed by atoms with Gasteiger partial charge in [-0.1, -0.05) is 44.7 Å². The molecular formula is C18H20Br2N2O4S2. The van der Waals surface area contributed by atoms with Crippen LogP contribution in [0.25, 0.3) is 0 Å². The Morgan fingerprint density at radius 3 is 1.29 bits per heavy atom. The molecule has 2 N–H and O–H groups in total. The molecule has 0 saturated heterocycles. The number of sulfonamides is 2. The highest BCUT2D eigenvalue weighted by Crippen LogP contribution is 2.24. The molecule has 2 aromatic rings. The predicted octanol–water partition coefficient (Wildman–Crippen LogP) is 3.78. The van der Waals surface area contributed by atoms with Gasteiger partial charge in [0.1, 0.15) is 0 Å². The Kier molecular flexibility index (Phi) is 6.99. The molecule has 0 amide bonds. The molecule has 0 heterocycles. The van der Waals surface area contributed by atoms with E-state index < -0.39 is 32.1 Å². The molecule has 1 fully saturated rings. The lowest BCUT2D eigenvalue weighted by atomic mass is 9.92. The fourth-order valence-corrected chi connectivity index (χ4v) is 6.33. The zero-order valence-corrected chi connectivity index (χ0v) is 19.6. The summed E-state index contributed by atoms with van der Waals surface area (Å²) in [4.78, 5) is 0.298. The van der Waals surface area contributed by atoms with E-state index >= 15 is 0 Å². The van der Waals surface area contributed by atoms with E-state index in [1.54, 1.807) is 24.3 Å². The van der Waals surface area contributed by atoms with Gasteiger partial charge in [0.2, 0.25) is 20.0 Å². The lowest BCUT2D eigenvalue weighted by Gasteiger charge is -2.32. The maximum Gasteiger partial charge on any atom is 0.240 e. The van der Waals surface area contributed by atoms with E-state index in [9.17, 15) is 16.8 Å². The Morgan fingerprint density at radius 2 is 0.964 bits per heavy atom. The fourth-order valence-electron chi connectivity index (χ4n) is 3.18. The van der Waals surface area contributed by atoms with Crippen LogP contribution in [0.3, 0.4) is 0 Å². The topological polar surface area (TPSA) is 92.3 Å². The van der Waals surface area contributed by atoms with Crippen molar-refractivity contribution in [2.45, 2.75) is 47.6 Å². The SMILES string of the molecule is O=S(=O)(NC1CCCCC1NS(=O)(=O)c1ccc(Br)cc1)c1ccc(Br)cc1. The second kappa shape index (κ2) is 8.93. The molecule has 2 unspecified atom stereocenters. The van der Waals surface area contributed by atoms with E-state index in [-0.39, 0.29) is 9.79 Å². The standard InChI is InChI=1S/C18H20Br2N2O4S2/c19-13-5-9-15(10-6-13)27(23,24)21-17-3-1-2-4-18(17)22-28(25,26)16-11-7-14(20)8-12-16/h5-12,17-18,21-22H,1-4H2. The highest BCUT2D eigenvalue weighted by atomic mass is 79.9. The minimum atomic E-state index is -3.75. The molecule has 1 aliphatic carbocycles. The van der Waals surface area contributed by atoms with E-state index in [2.05, 4.69) is 41.3 Å². The molecule has 0 spiro atoms. The third-order valence-electron chi connectivity index (χ3n) is 4.63. The van der Waals surface area contributed by atoms with E-state index in [1.807, 2.05) is 0 Å². The quantitative estimate of drug-likeness (QED) is 0.571. The van der Waals surface area contributed by atoms with Crippen molar-refractivity contribution in [3.8, 4) is 0 Å². The lowest BCUT2D eigenvalue weighted by Crippen LogP contribution is -2.52. The second-order valence-corrected chi connectivity index (χ2v) is 11.9. The zero-order chi connectivity index (χ0) is 20.4. The zero-order valence-electron chi connectivity index (χ0n) is 14.8. The molecule has 152 valence electrons. The van der Waals surface area contributed by atoms with E-state index in [1.165, 1.54) is 24.3 Å². The number of hydrogen-bond donors (Lipinski definition) is 2. The van der Waals surface area contributed by atoms with Crippen LogP contribution in [-0.2, 0) is 20.0 Å². The monoisotopic (exact) mass is 550 g/mol. The van der Waals surface area contributed by atoms with Crippen molar-refractivity contribution in [1.29, 1.82) is 0 Å². The third kappa shape index (κ3) is 5.43. The summed E-state index contributed by atoms with van der Waals surface area (Å²) >= 11 is 6.57. The van der Waals surface area contributed by atoms with Gasteiger partial charge in [0, 0.05) is 21.0 Å². The van der Waals surface area contributed by atoms with Crippen molar-refractivity contribution in [3.05, 3.63) is 57.5 Å². The molecule has 1 saturated carbocycles. The molecule has 3 rings (SSSR count). The maximum absolute atomic E-state index is 12.7. The smallest absolute Gasteiger partial charge is 0.207 e. The van der Waals surface area contributed by atoms with Crippen LogP contribution < -0.4 is 9.44 Å². The Hall–Kier alpha value is -0.780. The van der Waals surface area contributed by atoms with Crippen LogP contribution in [0.15, 0.2) is 67.3 Å². The van der Waals surface area contributed by atoms with Gasteiger partial charge in [0.25, 0.3) is 0 Å². The average Bonchev–Trinajstić information content (AvgIpc) is 2.64. The molecule has 0 bridgehead atoms. The van der Waals surface area contributed by atoms with Gasteiger partial charge >= 0.3 is 0 Å². The van der Waals surface area contributed by atoms with E-state index in [0.29, 0.717) is 12.8 Å². The van der Waals surface area contributed by atoms with Crippen LogP contribution in [0.5, 0.6) is 0 Å². The summed E-state index contributed by atoms with van der Waals surface area (Å²) in [6.45, 7) is 0. The summed E-state index contributed by atoms with van der Waals surface area (Å²) in [7, 11) is -7.49. The first-order valence-corrected chi connectivity index (χ1v) is 13.3. The van der Waals surface area contributed by atoms with Crippen LogP contribution in [0.2, 0.25) is 0 Å². The number of nitrogens with one attached hydrogen (secondary N) is 2. The fraction of sp³-hybridized carbons (Fsp3) is 0.333. The Morgan fingerprint density at radius 1 is 0.643 bits per heavy atom. The van der Waals surface area contributed by atoms with Crippen molar-refractivity contribution in [2.75, 3.05) is 0 Å². The van der Waals surface area contributed by atoms with Gasteiger partial charge in [0.15, 0.2) is 0 Å². The Bertz CT molecular complexity index is 939. The van der Waals surface area contributed by atoms with Gasteiger partial charge in [-0.3, -0.25) is 0 Å². The average molecular weight is 552 g/mol. The first-order chi connectivity index (χ1) is 13.2. The minimum Gasteiger partial charge on any atom is -0.207 e. The first kappa shape index (κ1) is 21.9. The molecule has 10 heteroatoms. The molecule has 1 aliphatic rings. The highest BCUT2D eigenvalue weighted by Gasteiger charge is 2.32. The van der Waals surface area contributed by atoms with Gasteiger partial charge in [-0.2, -0.15) is 0 Å². The normalized spacial score (nSPS) is 20.8. The first-order valence-electron chi connectivity index (χ1n) is 8.73. The van der Waals surface area contributed by atoms with Crippen molar-refractivity contribution < 1.29 is 16.8 Å². The Labute approximate surface area is 182 Å². The summed E-state index contributed by atoms with van der Waals surface area (Å²) < 4.78 is 57.8. The number of benzene rings is 2. The molecule has 2 atom stereocenters. The van der Waals surface area contributed by atoms with Crippen molar-refractivity contribution in [3.63, 3.8) is 0 Å². The molecule has 0 aliphatic heterocycles. The summed E-state index contributed by atoms with van der Waals surface area (Å²) in [6, 6.07) is 11.7. The number of halogens is 2. The van der Waals surface area contributed by atoms with Crippen molar-refractivity contribution >= 4 is 51.9 Å². The number of hydrogen-bond acceptors (Lipinski definition) is 4. The molecule has 0 radical (unpaired) electrons. The number of rotatable bonds is 6. The lowest BCUT2D eigenvalue weighted by molar-refractivity contribution is 0.340. The van der Waals surface area contributed by atoms with Crippen molar-refractivity contribution in [2.24, 2.45) is 0 Å². The third-order valence-corrected chi connectivity index (χ3v) is 8.70. The summed E-state index contributed by atoms with van der Waals surface area (Å²) in [5.41, 5.74) is 0. The van der Waals surface area contributed by atoms with Crippen LogP contribution in [0.1, 0.15) is 25.7 Å². The van der Waals surface area contributed by atoms with Gasteiger partial charge in [-0.25, -0.2) is 26.3 Å². The van der Waals surface area contributed by atoms with Crippen molar-refractivity contribution in [1.82, 2.24) is 9.44 Å². The second-order valence-electron chi connectivity index (χ2n) is 6.65. The molecule has 28 heavy (non-hydrogen) atoms. The van der Waals surface area contributed by atoms with Gasteiger partial charge in [0.05, 0.1) is 9.79 Å². The van der Waals surface area contributed by atoms with Crippen LogP contribution in [0, 0.1) is 0 Å². The minimum absolute atomic E-state index is 0.149. The molecular weight excluding hydrogens is 532 g/mol. The highest BCUT2D eigenvalue weighted by molar-refractivity contribution is 9.10.